The monoisotopic (exact) mass is 252 g/mol. The number of ether oxygens (including phenoxy) is 1. The van der Waals surface area contributed by atoms with Crippen molar-refractivity contribution < 1.29 is 4.74 Å². The molecule has 0 aliphatic rings. The molecule has 5 heteroatoms. The fourth-order valence-electron chi connectivity index (χ4n) is 1.58. The Bertz CT molecular complexity index is 379. The van der Waals surface area contributed by atoms with Gasteiger partial charge in [-0.1, -0.05) is 6.92 Å². The SMILES string of the molecule is CCCc1nc(NC)c(C)c(OCCN(C)C)n1. The van der Waals surface area contributed by atoms with Gasteiger partial charge >= 0.3 is 0 Å². The molecule has 1 rings (SSSR count). The number of rotatable bonds is 7. The summed E-state index contributed by atoms with van der Waals surface area (Å²) >= 11 is 0. The van der Waals surface area contributed by atoms with Gasteiger partial charge in [-0.2, -0.15) is 4.98 Å². The number of hydrogen-bond donors (Lipinski definition) is 1. The van der Waals surface area contributed by atoms with Gasteiger partial charge < -0.3 is 15.0 Å². The zero-order valence-corrected chi connectivity index (χ0v) is 12.1. The van der Waals surface area contributed by atoms with Crippen molar-refractivity contribution in [3.63, 3.8) is 0 Å². The molecule has 1 heterocycles. The predicted octanol–water partition coefficient (Wildman–Crippen LogP) is 1.72. The lowest BCUT2D eigenvalue weighted by atomic mass is 10.3. The van der Waals surface area contributed by atoms with Crippen LogP contribution in [0.15, 0.2) is 0 Å². The van der Waals surface area contributed by atoms with Crippen molar-refractivity contribution in [3.05, 3.63) is 11.4 Å². The zero-order valence-electron chi connectivity index (χ0n) is 12.1. The third-order valence-corrected chi connectivity index (χ3v) is 2.64. The molecule has 0 aromatic carbocycles. The summed E-state index contributed by atoms with van der Waals surface area (Å²) in [5, 5.41) is 3.09. The topological polar surface area (TPSA) is 50.3 Å². The summed E-state index contributed by atoms with van der Waals surface area (Å²) in [7, 11) is 5.92. The Morgan fingerprint density at radius 2 is 2.00 bits per heavy atom. The molecule has 18 heavy (non-hydrogen) atoms. The number of anilines is 1. The molecule has 1 N–H and O–H groups in total. The fourth-order valence-corrected chi connectivity index (χ4v) is 1.58. The minimum Gasteiger partial charge on any atom is -0.476 e. The predicted molar refractivity (Wildman–Crippen MR) is 74.4 cm³/mol. The normalized spacial score (nSPS) is 10.8. The molecule has 0 fully saturated rings. The summed E-state index contributed by atoms with van der Waals surface area (Å²) in [6, 6.07) is 0. The van der Waals surface area contributed by atoms with E-state index in [0.717, 1.165) is 36.6 Å². The number of nitrogens with one attached hydrogen (secondary N) is 1. The summed E-state index contributed by atoms with van der Waals surface area (Å²) in [6.07, 6.45) is 1.91. The van der Waals surface area contributed by atoms with E-state index in [2.05, 4.69) is 27.1 Å². The molecule has 0 bridgehead atoms. The number of aryl methyl sites for hydroxylation is 1. The van der Waals surface area contributed by atoms with Gasteiger partial charge in [0.05, 0.1) is 5.56 Å². The number of likely N-dealkylation sites (N-methyl/N-ethyl adjacent to an activating group) is 1. The first kappa shape index (κ1) is 14.7. The number of nitrogens with zero attached hydrogens (tertiary/aromatic N) is 3. The highest BCUT2D eigenvalue weighted by Gasteiger charge is 2.10. The minimum atomic E-state index is 0.638. The quantitative estimate of drug-likeness (QED) is 0.800. The van der Waals surface area contributed by atoms with Crippen LogP contribution in [0.1, 0.15) is 24.7 Å². The van der Waals surface area contributed by atoms with Gasteiger partial charge in [0.15, 0.2) is 0 Å². The zero-order chi connectivity index (χ0) is 13.5. The van der Waals surface area contributed by atoms with Crippen molar-refractivity contribution in [1.82, 2.24) is 14.9 Å². The Kier molecular flexibility index (Phi) is 5.85. The molecule has 5 nitrogen and oxygen atoms in total. The average molecular weight is 252 g/mol. The molecule has 0 amide bonds. The van der Waals surface area contributed by atoms with E-state index in [1.54, 1.807) is 0 Å². The molecular formula is C13H24N4O. The summed E-state index contributed by atoms with van der Waals surface area (Å²) < 4.78 is 5.74. The van der Waals surface area contributed by atoms with Crippen molar-refractivity contribution in [2.45, 2.75) is 26.7 Å². The van der Waals surface area contributed by atoms with Gasteiger partial charge in [-0.15, -0.1) is 0 Å². The first-order valence-corrected chi connectivity index (χ1v) is 6.41. The van der Waals surface area contributed by atoms with E-state index in [0.29, 0.717) is 12.5 Å². The van der Waals surface area contributed by atoms with Crippen molar-refractivity contribution in [3.8, 4) is 5.88 Å². The molecule has 0 spiro atoms. The van der Waals surface area contributed by atoms with Crippen LogP contribution in [-0.4, -0.2) is 49.2 Å². The van der Waals surface area contributed by atoms with Crippen LogP contribution >= 0.6 is 0 Å². The number of hydrogen-bond acceptors (Lipinski definition) is 5. The van der Waals surface area contributed by atoms with Crippen LogP contribution in [0.25, 0.3) is 0 Å². The van der Waals surface area contributed by atoms with Gasteiger partial charge in [0.25, 0.3) is 0 Å². The molecule has 1 aromatic rings. The molecular weight excluding hydrogens is 228 g/mol. The minimum absolute atomic E-state index is 0.638. The summed E-state index contributed by atoms with van der Waals surface area (Å²) in [4.78, 5) is 11.0. The van der Waals surface area contributed by atoms with Crippen LogP contribution in [0.2, 0.25) is 0 Å². The second-order valence-electron chi connectivity index (χ2n) is 4.57. The van der Waals surface area contributed by atoms with E-state index < -0.39 is 0 Å². The lowest BCUT2D eigenvalue weighted by Gasteiger charge is -2.14. The molecule has 0 saturated heterocycles. The van der Waals surface area contributed by atoms with Crippen LogP contribution < -0.4 is 10.1 Å². The molecule has 0 atom stereocenters. The molecule has 0 aliphatic carbocycles. The van der Waals surface area contributed by atoms with Crippen LogP contribution in [-0.2, 0) is 6.42 Å². The smallest absolute Gasteiger partial charge is 0.221 e. The standard InChI is InChI=1S/C13H24N4O/c1-6-7-11-15-12(14-3)10(2)13(16-11)18-9-8-17(4)5/h6-9H2,1-5H3,(H,14,15,16). The van der Waals surface area contributed by atoms with Crippen molar-refractivity contribution in [1.29, 1.82) is 0 Å². The molecule has 0 saturated carbocycles. The van der Waals surface area contributed by atoms with Crippen LogP contribution in [0.5, 0.6) is 5.88 Å². The highest BCUT2D eigenvalue weighted by atomic mass is 16.5. The van der Waals surface area contributed by atoms with Crippen molar-refractivity contribution in [2.75, 3.05) is 39.6 Å². The maximum atomic E-state index is 5.74. The van der Waals surface area contributed by atoms with Gasteiger partial charge in [-0.25, -0.2) is 4.98 Å². The Hall–Kier alpha value is -1.36. The summed E-state index contributed by atoms with van der Waals surface area (Å²) in [6.45, 7) is 5.61. The fraction of sp³-hybridized carbons (Fsp3) is 0.692. The Morgan fingerprint density at radius 1 is 1.28 bits per heavy atom. The lowest BCUT2D eigenvalue weighted by Crippen LogP contribution is -2.20. The second kappa shape index (κ2) is 7.16. The maximum absolute atomic E-state index is 5.74. The molecule has 0 unspecified atom stereocenters. The van der Waals surface area contributed by atoms with Gasteiger partial charge in [-0.05, 0) is 27.4 Å². The Balaban J connectivity index is 2.83. The van der Waals surface area contributed by atoms with Crippen LogP contribution in [0.3, 0.4) is 0 Å². The van der Waals surface area contributed by atoms with E-state index >= 15 is 0 Å². The summed E-state index contributed by atoms with van der Waals surface area (Å²) in [5.74, 6) is 2.39. The van der Waals surface area contributed by atoms with E-state index in [9.17, 15) is 0 Å². The van der Waals surface area contributed by atoms with Gasteiger partial charge in [0.1, 0.15) is 18.2 Å². The van der Waals surface area contributed by atoms with Crippen molar-refractivity contribution >= 4 is 5.82 Å². The van der Waals surface area contributed by atoms with Crippen LogP contribution in [0.4, 0.5) is 5.82 Å². The molecule has 1 aromatic heterocycles. The van der Waals surface area contributed by atoms with Gasteiger partial charge in [0.2, 0.25) is 5.88 Å². The average Bonchev–Trinajstić information content (AvgIpc) is 2.32. The highest BCUT2D eigenvalue weighted by molar-refractivity contribution is 5.48. The second-order valence-corrected chi connectivity index (χ2v) is 4.57. The van der Waals surface area contributed by atoms with Gasteiger partial charge in [-0.3, -0.25) is 0 Å². The molecule has 0 radical (unpaired) electrons. The highest BCUT2D eigenvalue weighted by Crippen LogP contribution is 2.22. The van der Waals surface area contributed by atoms with Crippen molar-refractivity contribution in [2.24, 2.45) is 0 Å². The first-order valence-electron chi connectivity index (χ1n) is 6.41. The molecule has 0 aliphatic heterocycles. The largest absolute Gasteiger partial charge is 0.476 e. The van der Waals surface area contributed by atoms with Gasteiger partial charge in [0, 0.05) is 20.0 Å². The first-order chi connectivity index (χ1) is 8.58. The Morgan fingerprint density at radius 3 is 2.56 bits per heavy atom. The van der Waals surface area contributed by atoms with E-state index in [1.807, 2.05) is 28.1 Å². The third kappa shape index (κ3) is 4.14. The van der Waals surface area contributed by atoms with E-state index in [-0.39, 0.29) is 0 Å². The maximum Gasteiger partial charge on any atom is 0.221 e. The third-order valence-electron chi connectivity index (χ3n) is 2.64. The van der Waals surface area contributed by atoms with E-state index in [1.165, 1.54) is 0 Å². The van der Waals surface area contributed by atoms with E-state index in [4.69, 9.17) is 4.74 Å². The lowest BCUT2D eigenvalue weighted by molar-refractivity contribution is 0.251. The number of aromatic nitrogens is 2. The Labute approximate surface area is 110 Å². The molecule has 102 valence electrons. The van der Waals surface area contributed by atoms with Crippen LogP contribution in [0, 0.1) is 6.92 Å². The summed E-state index contributed by atoms with van der Waals surface area (Å²) in [5.41, 5.74) is 0.969.